The van der Waals surface area contributed by atoms with Gasteiger partial charge < -0.3 is 0 Å². The van der Waals surface area contributed by atoms with E-state index < -0.39 is 0 Å². The van der Waals surface area contributed by atoms with Gasteiger partial charge >= 0.3 is 0 Å². The van der Waals surface area contributed by atoms with Crippen molar-refractivity contribution in [2.24, 2.45) is 0 Å². The molecule has 0 aliphatic rings. The third-order valence-electron chi connectivity index (χ3n) is 2.31. The summed E-state index contributed by atoms with van der Waals surface area (Å²) in [5.41, 5.74) is 0. The molecule has 0 amide bonds. The fraction of sp³-hybridized carbons (Fsp3) is 0.167. The van der Waals surface area contributed by atoms with Gasteiger partial charge in [-0.3, -0.25) is 0 Å². The van der Waals surface area contributed by atoms with Crippen LogP contribution in [-0.2, 0) is 0 Å². The van der Waals surface area contributed by atoms with Crippen molar-refractivity contribution in [2.45, 2.75) is 0 Å². The molecular weight excluding hydrogens is 194 g/mol. The molecule has 0 aliphatic carbocycles. The van der Waals surface area contributed by atoms with E-state index in [4.69, 9.17) is 0 Å². The zero-order valence-corrected chi connectivity index (χ0v) is 9.18. The number of benzene rings is 2. The third kappa shape index (κ3) is 1.53. The van der Waals surface area contributed by atoms with Crippen LogP contribution in [0.4, 0.5) is 4.39 Å². The molecule has 0 saturated heterocycles. The van der Waals surface area contributed by atoms with Crippen molar-refractivity contribution in [1.82, 2.24) is 0 Å². The second-order valence-corrected chi connectivity index (χ2v) is 5.78. The summed E-state index contributed by atoms with van der Waals surface area (Å²) in [7, 11) is -0.252. The van der Waals surface area contributed by atoms with E-state index >= 15 is 0 Å². The summed E-state index contributed by atoms with van der Waals surface area (Å²) in [6.45, 7) is 4.30. The predicted molar refractivity (Wildman–Crippen MR) is 62.3 cm³/mol. The maximum Gasteiger partial charge on any atom is 0.131 e. The van der Waals surface area contributed by atoms with Gasteiger partial charge in [0.1, 0.15) is 5.82 Å². The van der Waals surface area contributed by atoms with E-state index in [1.807, 2.05) is 24.3 Å². The van der Waals surface area contributed by atoms with Gasteiger partial charge in [0.25, 0.3) is 0 Å². The summed E-state index contributed by atoms with van der Waals surface area (Å²) in [6, 6.07) is 11.2. The molecular formula is C12H12FP. The Kier molecular flexibility index (Phi) is 2.52. The maximum atomic E-state index is 13.6. The number of fused-ring (bicyclic) bond motifs is 1. The van der Waals surface area contributed by atoms with Crippen LogP contribution in [0.1, 0.15) is 0 Å². The molecule has 0 bridgehead atoms. The molecule has 2 aromatic rings. The van der Waals surface area contributed by atoms with Crippen LogP contribution in [0.15, 0.2) is 36.4 Å². The highest BCUT2D eigenvalue weighted by atomic mass is 31.1. The van der Waals surface area contributed by atoms with Crippen LogP contribution in [0.3, 0.4) is 0 Å². The molecule has 2 aromatic carbocycles. The predicted octanol–water partition coefficient (Wildman–Crippen LogP) is 3.35. The Hall–Kier alpha value is -0.940. The minimum atomic E-state index is -0.252. The van der Waals surface area contributed by atoms with E-state index in [1.54, 1.807) is 6.07 Å². The Morgan fingerprint density at radius 3 is 2.29 bits per heavy atom. The SMILES string of the molecule is CP(C)c1cccc2cccc(F)c12. The third-order valence-corrected chi connectivity index (χ3v) is 3.65. The zero-order valence-electron chi connectivity index (χ0n) is 8.29. The van der Waals surface area contributed by atoms with Crippen LogP contribution >= 0.6 is 7.92 Å². The molecule has 0 atom stereocenters. The van der Waals surface area contributed by atoms with Gasteiger partial charge in [-0.15, -0.1) is 0 Å². The van der Waals surface area contributed by atoms with E-state index in [9.17, 15) is 4.39 Å². The van der Waals surface area contributed by atoms with Gasteiger partial charge in [-0.1, -0.05) is 38.3 Å². The van der Waals surface area contributed by atoms with Crippen LogP contribution < -0.4 is 5.30 Å². The smallest absolute Gasteiger partial charge is 0.131 e. The van der Waals surface area contributed by atoms with Gasteiger partial charge in [-0.2, -0.15) is 0 Å². The van der Waals surface area contributed by atoms with Gasteiger partial charge in [-0.25, -0.2) is 4.39 Å². The second kappa shape index (κ2) is 3.67. The van der Waals surface area contributed by atoms with Gasteiger partial charge in [0.05, 0.1) is 0 Å². The lowest BCUT2D eigenvalue weighted by atomic mass is 10.1. The highest BCUT2D eigenvalue weighted by Crippen LogP contribution is 2.29. The van der Waals surface area contributed by atoms with E-state index in [-0.39, 0.29) is 13.7 Å². The first kappa shape index (κ1) is 9.61. The Balaban J connectivity index is 2.84. The lowest BCUT2D eigenvalue weighted by molar-refractivity contribution is 0.640. The lowest BCUT2D eigenvalue weighted by Crippen LogP contribution is -2.02. The van der Waals surface area contributed by atoms with Crippen molar-refractivity contribution < 1.29 is 4.39 Å². The molecule has 72 valence electrons. The summed E-state index contributed by atoms with van der Waals surface area (Å²) in [5.74, 6) is -0.102. The molecule has 2 rings (SSSR count). The molecule has 0 unspecified atom stereocenters. The van der Waals surface area contributed by atoms with Crippen LogP contribution in [0.5, 0.6) is 0 Å². The van der Waals surface area contributed by atoms with E-state index in [0.29, 0.717) is 0 Å². The quantitative estimate of drug-likeness (QED) is 0.628. The number of rotatable bonds is 1. The van der Waals surface area contributed by atoms with Gasteiger partial charge in [0, 0.05) is 5.39 Å². The highest BCUT2D eigenvalue weighted by molar-refractivity contribution is 7.64. The van der Waals surface area contributed by atoms with Gasteiger partial charge in [-0.05, 0) is 30.1 Å². The minimum absolute atomic E-state index is 0.102. The largest absolute Gasteiger partial charge is 0.206 e. The van der Waals surface area contributed by atoms with Crippen molar-refractivity contribution >= 4 is 24.0 Å². The Morgan fingerprint density at radius 2 is 1.64 bits per heavy atom. The average molecular weight is 206 g/mol. The van der Waals surface area contributed by atoms with Crippen LogP contribution in [0.2, 0.25) is 0 Å². The maximum absolute atomic E-state index is 13.6. The Morgan fingerprint density at radius 1 is 1.00 bits per heavy atom. The highest BCUT2D eigenvalue weighted by Gasteiger charge is 2.07. The van der Waals surface area contributed by atoms with Gasteiger partial charge in [0.15, 0.2) is 0 Å². The number of hydrogen-bond donors (Lipinski definition) is 0. The average Bonchev–Trinajstić information content (AvgIpc) is 2.17. The van der Waals surface area contributed by atoms with Crippen LogP contribution in [0, 0.1) is 5.82 Å². The minimum Gasteiger partial charge on any atom is -0.206 e. The van der Waals surface area contributed by atoms with E-state index in [1.165, 1.54) is 6.07 Å². The second-order valence-electron chi connectivity index (χ2n) is 3.51. The molecule has 0 saturated carbocycles. The first-order valence-electron chi connectivity index (χ1n) is 4.55. The number of halogens is 1. The fourth-order valence-corrected chi connectivity index (χ4v) is 2.72. The van der Waals surface area contributed by atoms with Crippen molar-refractivity contribution in [1.29, 1.82) is 0 Å². The van der Waals surface area contributed by atoms with Crippen molar-refractivity contribution in [3.63, 3.8) is 0 Å². The molecule has 0 fully saturated rings. The zero-order chi connectivity index (χ0) is 10.1. The Bertz CT molecular complexity index is 458. The monoisotopic (exact) mass is 206 g/mol. The Labute approximate surface area is 84.5 Å². The van der Waals surface area contributed by atoms with Crippen LogP contribution in [-0.4, -0.2) is 13.3 Å². The summed E-state index contributed by atoms with van der Waals surface area (Å²) in [6.07, 6.45) is 0. The summed E-state index contributed by atoms with van der Waals surface area (Å²) in [5, 5.41) is 2.94. The van der Waals surface area contributed by atoms with Crippen LogP contribution in [0.25, 0.3) is 10.8 Å². The summed E-state index contributed by atoms with van der Waals surface area (Å²) >= 11 is 0. The molecule has 0 aliphatic heterocycles. The fourth-order valence-electron chi connectivity index (χ4n) is 1.65. The topological polar surface area (TPSA) is 0 Å². The molecule has 0 N–H and O–H groups in total. The lowest BCUT2D eigenvalue weighted by Gasteiger charge is -2.10. The molecule has 0 heterocycles. The molecule has 0 spiro atoms. The van der Waals surface area contributed by atoms with Crippen molar-refractivity contribution in [3.8, 4) is 0 Å². The summed E-state index contributed by atoms with van der Waals surface area (Å²) < 4.78 is 13.6. The normalized spacial score (nSPS) is 11.1. The first-order chi connectivity index (χ1) is 6.70. The molecule has 0 nitrogen and oxygen atoms in total. The standard InChI is InChI=1S/C12H12FP/c1-14(2)11-8-4-6-9-5-3-7-10(13)12(9)11/h3-8H,1-2H3. The van der Waals surface area contributed by atoms with Crippen molar-refractivity contribution in [3.05, 3.63) is 42.2 Å². The molecule has 14 heavy (non-hydrogen) atoms. The van der Waals surface area contributed by atoms with Crippen molar-refractivity contribution in [2.75, 3.05) is 13.3 Å². The van der Waals surface area contributed by atoms with E-state index in [2.05, 4.69) is 13.3 Å². The summed E-state index contributed by atoms with van der Waals surface area (Å²) in [4.78, 5) is 0. The van der Waals surface area contributed by atoms with Gasteiger partial charge in [0.2, 0.25) is 0 Å². The molecule has 0 radical (unpaired) electrons. The molecule has 0 aromatic heterocycles. The first-order valence-corrected chi connectivity index (χ1v) is 6.78. The number of hydrogen-bond acceptors (Lipinski definition) is 0. The van der Waals surface area contributed by atoms with E-state index in [0.717, 1.165) is 16.1 Å². The molecule has 2 heteroatoms.